The molecule has 0 unspecified atom stereocenters. The van der Waals surface area contributed by atoms with Crippen LogP contribution in [0, 0.1) is 5.92 Å². The van der Waals surface area contributed by atoms with Gasteiger partial charge in [0.05, 0.1) is 0 Å². The highest BCUT2D eigenvalue weighted by molar-refractivity contribution is 5.89. The molecular weight excluding hydrogens is 278 g/mol. The van der Waals surface area contributed by atoms with Gasteiger partial charge in [-0.2, -0.15) is 0 Å². The predicted octanol–water partition coefficient (Wildman–Crippen LogP) is 2.30. The first kappa shape index (κ1) is 16.7. The van der Waals surface area contributed by atoms with Gasteiger partial charge in [-0.1, -0.05) is 13.8 Å². The van der Waals surface area contributed by atoms with E-state index in [4.69, 9.17) is 5.84 Å². The molecule has 0 radical (unpaired) electrons. The van der Waals surface area contributed by atoms with Crippen LogP contribution in [0.25, 0.3) is 0 Å². The lowest BCUT2D eigenvalue weighted by Gasteiger charge is -2.36. The van der Waals surface area contributed by atoms with Crippen molar-refractivity contribution in [1.82, 2.24) is 14.9 Å². The summed E-state index contributed by atoms with van der Waals surface area (Å²) in [6.07, 6.45) is 6.31. The summed E-state index contributed by atoms with van der Waals surface area (Å²) in [5.74, 6) is 6.81. The molecule has 1 saturated heterocycles. The smallest absolute Gasteiger partial charge is 0.321 e. The van der Waals surface area contributed by atoms with Crippen molar-refractivity contribution in [3.05, 3.63) is 24.5 Å². The minimum atomic E-state index is -0.0459. The molecule has 1 aromatic rings. The first-order valence-corrected chi connectivity index (χ1v) is 8.03. The van der Waals surface area contributed by atoms with Crippen LogP contribution >= 0.6 is 0 Å². The SMILES string of the molecule is CC(C)CCN(N)C1CCN(C(=O)Nc2ccncc2)CC1. The lowest BCUT2D eigenvalue weighted by atomic mass is 10.0. The van der Waals surface area contributed by atoms with Crippen LogP contribution in [0.1, 0.15) is 33.1 Å². The summed E-state index contributed by atoms with van der Waals surface area (Å²) in [4.78, 5) is 18.0. The number of piperidine rings is 1. The topological polar surface area (TPSA) is 74.5 Å². The van der Waals surface area contributed by atoms with Crippen molar-refractivity contribution in [2.75, 3.05) is 25.0 Å². The second-order valence-corrected chi connectivity index (χ2v) is 6.30. The molecule has 2 rings (SSSR count). The number of rotatable bonds is 5. The Morgan fingerprint density at radius 3 is 2.64 bits per heavy atom. The Labute approximate surface area is 132 Å². The number of carbonyl (C=O) groups is 1. The maximum absolute atomic E-state index is 12.2. The highest BCUT2D eigenvalue weighted by Gasteiger charge is 2.25. The molecule has 3 N–H and O–H groups in total. The molecule has 0 spiro atoms. The van der Waals surface area contributed by atoms with E-state index in [1.165, 1.54) is 0 Å². The van der Waals surface area contributed by atoms with Crippen LogP contribution in [0.15, 0.2) is 24.5 Å². The van der Waals surface area contributed by atoms with E-state index in [-0.39, 0.29) is 6.03 Å². The normalized spacial score (nSPS) is 16.3. The number of hydrazine groups is 1. The average molecular weight is 305 g/mol. The van der Waals surface area contributed by atoms with Gasteiger partial charge in [0.25, 0.3) is 0 Å². The molecule has 2 heterocycles. The van der Waals surface area contributed by atoms with Crippen molar-refractivity contribution >= 4 is 11.7 Å². The molecular formula is C16H27N5O. The number of urea groups is 1. The van der Waals surface area contributed by atoms with E-state index in [1.807, 2.05) is 9.91 Å². The van der Waals surface area contributed by atoms with Crippen LogP contribution < -0.4 is 11.2 Å². The number of hydrogen-bond acceptors (Lipinski definition) is 4. The fourth-order valence-corrected chi connectivity index (χ4v) is 2.63. The first-order valence-electron chi connectivity index (χ1n) is 8.03. The molecule has 1 aliphatic heterocycles. The van der Waals surface area contributed by atoms with Gasteiger partial charge in [-0.05, 0) is 37.3 Å². The second kappa shape index (κ2) is 8.10. The Balaban J connectivity index is 1.75. The molecule has 0 bridgehead atoms. The quantitative estimate of drug-likeness (QED) is 0.646. The van der Waals surface area contributed by atoms with Crippen molar-refractivity contribution < 1.29 is 4.79 Å². The van der Waals surface area contributed by atoms with E-state index in [1.54, 1.807) is 24.5 Å². The zero-order chi connectivity index (χ0) is 15.9. The summed E-state index contributed by atoms with van der Waals surface area (Å²) >= 11 is 0. The maximum atomic E-state index is 12.2. The van der Waals surface area contributed by atoms with Gasteiger partial charge in [0, 0.05) is 43.8 Å². The van der Waals surface area contributed by atoms with Crippen molar-refractivity contribution in [2.24, 2.45) is 11.8 Å². The van der Waals surface area contributed by atoms with E-state index < -0.39 is 0 Å². The largest absolute Gasteiger partial charge is 0.324 e. The molecule has 0 atom stereocenters. The number of nitrogens with one attached hydrogen (secondary N) is 1. The molecule has 2 amide bonds. The van der Waals surface area contributed by atoms with Gasteiger partial charge in [0.15, 0.2) is 0 Å². The number of nitrogens with two attached hydrogens (primary N) is 1. The number of amides is 2. The highest BCUT2D eigenvalue weighted by Crippen LogP contribution is 2.16. The molecule has 22 heavy (non-hydrogen) atoms. The van der Waals surface area contributed by atoms with E-state index in [9.17, 15) is 4.79 Å². The zero-order valence-corrected chi connectivity index (χ0v) is 13.5. The molecule has 122 valence electrons. The van der Waals surface area contributed by atoms with Crippen LogP contribution in [0.5, 0.6) is 0 Å². The van der Waals surface area contributed by atoms with E-state index >= 15 is 0 Å². The van der Waals surface area contributed by atoms with Crippen molar-refractivity contribution in [2.45, 2.75) is 39.2 Å². The number of likely N-dealkylation sites (tertiary alicyclic amines) is 1. The lowest BCUT2D eigenvalue weighted by Crippen LogP contribution is -2.50. The summed E-state index contributed by atoms with van der Waals surface area (Å²) in [6.45, 7) is 6.83. The molecule has 0 saturated carbocycles. The Kier molecular flexibility index (Phi) is 6.15. The Morgan fingerprint density at radius 2 is 2.05 bits per heavy atom. The molecule has 6 nitrogen and oxygen atoms in total. The number of pyridine rings is 1. The van der Waals surface area contributed by atoms with Crippen molar-refractivity contribution in [3.63, 3.8) is 0 Å². The number of hydrogen-bond donors (Lipinski definition) is 2. The van der Waals surface area contributed by atoms with Crippen molar-refractivity contribution in [1.29, 1.82) is 0 Å². The van der Waals surface area contributed by atoms with E-state index in [0.29, 0.717) is 12.0 Å². The average Bonchev–Trinajstić information content (AvgIpc) is 2.53. The van der Waals surface area contributed by atoms with E-state index in [2.05, 4.69) is 24.1 Å². The van der Waals surface area contributed by atoms with Gasteiger partial charge >= 0.3 is 6.03 Å². The number of aromatic nitrogens is 1. The van der Waals surface area contributed by atoms with E-state index in [0.717, 1.165) is 44.6 Å². The standard InChI is InChI=1S/C16H27N5O/c1-13(2)5-12-21(17)15-6-10-20(11-7-15)16(22)19-14-3-8-18-9-4-14/h3-4,8-9,13,15H,5-7,10-12,17H2,1-2H3,(H,18,19,22). The minimum Gasteiger partial charge on any atom is -0.324 e. The summed E-state index contributed by atoms with van der Waals surface area (Å²) in [7, 11) is 0. The third-order valence-corrected chi connectivity index (χ3v) is 4.12. The van der Waals surface area contributed by atoms with Crippen LogP contribution in [0.3, 0.4) is 0 Å². The summed E-state index contributed by atoms with van der Waals surface area (Å²) in [6, 6.07) is 3.91. The second-order valence-electron chi connectivity index (χ2n) is 6.30. The molecule has 0 aromatic carbocycles. The summed E-state index contributed by atoms with van der Waals surface area (Å²) < 4.78 is 0. The minimum absolute atomic E-state index is 0.0459. The molecule has 1 aliphatic rings. The summed E-state index contributed by atoms with van der Waals surface area (Å²) in [5.41, 5.74) is 0.777. The molecule has 1 fully saturated rings. The van der Waals surface area contributed by atoms with Crippen LogP contribution in [0.4, 0.5) is 10.5 Å². The van der Waals surface area contributed by atoms with Gasteiger partial charge in [-0.15, -0.1) is 0 Å². The zero-order valence-electron chi connectivity index (χ0n) is 13.5. The Hall–Kier alpha value is -1.66. The number of carbonyl (C=O) groups excluding carboxylic acids is 1. The maximum Gasteiger partial charge on any atom is 0.321 e. The monoisotopic (exact) mass is 305 g/mol. The van der Waals surface area contributed by atoms with Crippen molar-refractivity contribution in [3.8, 4) is 0 Å². The van der Waals surface area contributed by atoms with Crippen LogP contribution in [-0.2, 0) is 0 Å². The lowest BCUT2D eigenvalue weighted by molar-refractivity contribution is 0.117. The predicted molar refractivity (Wildman–Crippen MR) is 88.2 cm³/mol. The fraction of sp³-hybridized carbons (Fsp3) is 0.625. The summed E-state index contributed by atoms with van der Waals surface area (Å²) in [5, 5.41) is 4.85. The van der Waals surface area contributed by atoms with Crippen LogP contribution in [0.2, 0.25) is 0 Å². The van der Waals surface area contributed by atoms with Gasteiger partial charge in [-0.25, -0.2) is 9.80 Å². The Bertz CT molecular complexity index is 457. The third kappa shape index (κ3) is 4.96. The first-order chi connectivity index (χ1) is 10.6. The van der Waals surface area contributed by atoms with Crippen LogP contribution in [-0.4, -0.2) is 46.6 Å². The third-order valence-electron chi connectivity index (χ3n) is 4.12. The fourth-order valence-electron chi connectivity index (χ4n) is 2.63. The molecule has 6 heteroatoms. The number of nitrogens with zero attached hydrogens (tertiary/aromatic N) is 3. The highest BCUT2D eigenvalue weighted by atomic mass is 16.2. The van der Waals surface area contributed by atoms with Gasteiger partial charge < -0.3 is 10.2 Å². The molecule has 1 aromatic heterocycles. The Morgan fingerprint density at radius 1 is 1.41 bits per heavy atom. The van der Waals surface area contributed by atoms with Gasteiger partial charge in [0.2, 0.25) is 0 Å². The number of anilines is 1. The van der Waals surface area contributed by atoms with Gasteiger partial charge in [-0.3, -0.25) is 10.8 Å². The molecule has 0 aliphatic carbocycles. The van der Waals surface area contributed by atoms with Gasteiger partial charge in [0.1, 0.15) is 0 Å².